The molecule has 1 aliphatic rings. The van der Waals surface area contributed by atoms with Gasteiger partial charge < -0.3 is 5.11 Å². The smallest absolute Gasteiger partial charge is 0.331 e. The SMILES string of the molecule is CCCc1nn(-c2ccccc2)c([O-])c1C1=C([n+]2ccccc2)C(=O)N(c2ccccc2)C1=O. The molecule has 2 aromatic carbocycles. The second kappa shape index (κ2) is 8.78. The van der Waals surface area contributed by atoms with Crippen molar-refractivity contribution in [3.63, 3.8) is 0 Å². The van der Waals surface area contributed by atoms with Crippen molar-refractivity contribution in [1.82, 2.24) is 9.78 Å². The fraction of sp³-hybridized carbons (Fsp3) is 0.111. The summed E-state index contributed by atoms with van der Waals surface area (Å²) in [6, 6.07) is 23.2. The molecule has 0 saturated heterocycles. The summed E-state index contributed by atoms with van der Waals surface area (Å²) in [5, 5.41) is 18.3. The standard InChI is InChI=1S/C27H22N4O3/c1-2-12-21-22(26(33)31(28-21)20-15-8-4-9-16-20)23-24(29-17-10-5-11-18-29)27(34)30(25(23)32)19-13-6-3-7-14-19/h3-11,13-18H,2,12H2,1H3. The van der Waals surface area contributed by atoms with Crippen LogP contribution in [0.25, 0.3) is 17.0 Å². The largest absolute Gasteiger partial charge is 0.858 e. The van der Waals surface area contributed by atoms with Crippen LogP contribution in [0.2, 0.25) is 0 Å². The maximum atomic E-state index is 13.8. The number of rotatable bonds is 6. The molecule has 0 fully saturated rings. The van der Waals surface area contributed by atoms with Crippen LogP contribution < -0.4 is 14.6 Å². The van der Waals surface area contributed by atoms with Crippen molar-refractivity contribution in [2.24, 2.45) is 0 Å². The van der Waals surface area contributed by atoms with Crippen molar-refractivity contribution in [3.8, 4) is 11.6 Å². The number of aromatic nitrogens is 3. The van der Waals surface area contributed by atoms with E-state index in [4.69, 9.17) is 0 Å². The molecule has 34 heavy (non-hydrogen) atoms. The number of hydrogen-bond donors (Lipinski definition) is 0. The highest BCUT2D eigenvalue weighted by Gasteiger charge is 2.47. The van der Waals surface area contributed by atoms with E-state index in [0.717, 1.165) is 11.3 Å². The zero-order valence-electron chi connectivity index (χ0n) is 18.6. The van der Waals surface area contributed by atoms with Crippen molar-refractivity contribution in [2.75, 3.05) is 4.90 Å². The molecule has 168 valence electrons. The van der Waals surface area contributed by atoms with Gasteiger partial charge in [0, 0.05) is 17.7 Å². The molecule has 2 amide bonds. The highest BCUT2D eigenvalue weighted by Crippen LogP contribution is 2.38. The molecule has 1 aliphatic heterocycles. The van der Waals surface area contributed by atoms with Crippen molar-refractivity contribution in [2.45, 2.75) is 19.8 Å². The first kappa shape index (κ1) is 21.3. The molecular weight excluding hydrogens is 428 g/mol. The van der Waals surface area contributed by atoms with Gasteiger partial charge in [-0.2, -0.15) is 9.67 Å². The molecule has 0 bridgehead atoms. The van der Waals surface area contributed by atoms with Crippen LogP contribution in [0.5, 0.6) is 5.88 Å². The van der Waals surface area contributed by atoms with Crippen molar-refractivity contribution < 1.29 is 19.3 Å². The normalized spacial score (nSPS) is 13.7. The van der Waals surface area contributed by atoms with Gasteiger partial charge in [-0.15, -0.1) is 0 Å². The van der Waals surface area contributed by atoms with Gasteiger partial charge in [0.25, 0.3) is 11.6 Å². The molecule has 0 N–H and O–H groups in total. The first-order valence-electron chi connectivity index (χ1n) is 11.1. The number of carbonyl (C=O) groups is 2. The molecule has 0 saturated carbocycles. The number of hydrogen-bond acceptors (Lipinski definition) is 4. The minimum atomic E-state index is -0.537. The number of amides is 2. The number of aryl methyl sites for hydroxylation is 1. The van der Waals surface area contributed by atoms with E-state index in [-0.39, 0.29) is 16.8 Å². The van der Waals surface area contributed by atoms with E-state index in [2.05, 4.69) is 5.10 Å². The van der Waals surface area contributed by atoms with Crippen LogP contribution in [0.4, 0.5) is 5.69 Å². The number of imide groups is 1. The van der Waals surface area contributed by atoms with Crippen molar-refractivity contribution in [3.05, 3.63) is 103 Å². The van der Waals surface area contributed by atoms with E-state index in [9.17, 15) is 14.7 Å². The van der Waals surface area contributed by atoms with Crippen LogP contribution >= 0.6 is 0 Å². The van der Waals surface area contributed by atoms with Gasteiger partial charge in [0.05, 0.1) is 17.1 Å². The Morgan fingerprint density at radius 1 is 0.824 bits per heavy atom. The minimum absolute atomic E-state index is 0.0701. The van der Waals surface area contributed by atoms with Gasteiger partial charge in [0.15, 0.2) is 12.4 Å². The van der Waals surface area contributed by atoms with Gasteiger partial charge in [-0.1, -0.05) is 55.8 Å². The molecule has 3 heterocycles. The van der Waals surface area contributed by atoms with Gasteiger partial charge >= 0.3 is 5.91 Å². The maximum Gasteiger partial charge on any atom is 0.331 e. The van der Waals surface area contributed by atoms with E-state index >= 15 is 0 Å². The number of anilines is 1. The second-order valence-electron chi connectivity index (χ2n) is 7.91. The van der Waals surface area contributed by atoms with Crippen LogP contribution in [0.3, 0.4) is 0 Å². The van der Waals surface area contributed by atoms with Crippen LogP contribution in [0, 0.1) is 0 Å². The van der Waals surface area contributed by atoms with Gasteiger partial charge in [0.2, 0.25) is 0 Å². The number of carbonyl (C=O) groups excluding carboxylic acids is 2. The average Bonchev–Trinajstić information content (AvgIpc) is 3.32. The lowest BCUT2D eigenvalue weighted by Crippen LogP contribution is -2.39. The lowest BCUT2D eigenvalue weighted by Gasteiger charge is -2.15. The zero-order valence-corrected chi connectivity index (χ0v) is 18.6. The molecule has 0 radical (unpaired) electrons. The Balaban J connectivity index is 1.77. The summed E-state index contributed by atoms with van der Waals surface area (Å²) in [6.45, 7) is 1.98. The third kappa shape index (κ3) is 3.47. The zero-order chi connectivity index (χ0) is 23.7. The lowest BCUT2D eigenvalue weighted by atomic mass is 10.0. The van der Waals surface area contributed by atoms with E-state index < -0.39 is 17.7 Å². The number of pyridine rings is 1. The fourth-order valence-corrected chi connectivity index (χ4v) is 4.20. The summed E-state index contributed by atoms with van der Waals surface area (Å²) in [6.07, 6.45) is 4.61. The highest BCUT2D eigenvalue weighted by atomic mass is 16.3. The quantitative estimate of drug-likeness (QED) is 0.334. The van der Waals surface area contributed by atoms with E-state index in [0.29, 0.717) is 23.5 Å². The summed E-state index contributed by atoms with van der Waals surface area (Å²) >= 11 is 0. The van der Waals surface area contributed by atoms with Crippen LogP contribution in [-0.4, -0.2) is 21.6 Å². The number of para-hydroxylation sites is 2. The van der Waals surface area contributed by atoms with E-state index in [1.165, 1.54) is 4.68 Å². The summed E-state index contributed by atoms with van der Waals surface area (Å²) in [7, 11) is 0. The number of benzene rings is 2. The predicted molar refractivity (Wildman–Crippen MR) is 126 cm³/mol. The highest BCUT2D eigenvalue weighted by molar-refractivity contribution is 6.53. The average molecular weight is 450 g/mol. The molecule has 0 atom stereocenters. The Kier molecular flexibility index (Phi) is 5.51. The molecule has 4 aromatic rings. The Morgan fingerprint density at radius 2 is 1.41 bits per heavy atom. The summed E-state index contributed by atoms with van der Waals surface area (Å²) in [4.78, 5) is 28.6. The van der Waals surface area contributed by atoms with Crippen molar-refractivity contribution in [1.29, 1.82) is 0 Å². The Bertz CT molecular complexity index is 1390. The van der Waals surface area contributed by atoms with Gasteiger partial charge in [-0.25, -0.2) is 9.58 Å². The summed E-state index contributed by atoms with van der Waals surface area (Å²) in [5.41, 5.74) is 1.92. The molecule has 7 heteroatoms. The second-order valence-corrected chi connectivity index (χ2v) is 7.91. The first-order valence-corrected chi connectivity index (χ1v) is 11.1. The molecule has 0 aliphatic carbocycles. The van der Waals surface area contributed by atoms with Crippen LogP contribution in [0.15, 0.2) is 91.3 Å². The monoisotopic (exact) mass is 450 g/mol. The van der Waals surface area contributed by atoms with E-state index in [1.807, 2.05) is 37.3 Å². The Hall–Kier alpha value is -4.52. The molecule has 0 unspecified atom stereocenters. The molecule has 7 nitrogen and oxygen atoms in total. The minimum Gasteiger partial charge on any atom is -0.858 e. The molecular formula is C27H22N4O3. The maximum absolute atomic E-state index is 13.8. The fourth-order valence-electron chi connectivity index (χ4n) is 4.20. The lowest BCUT2D eigenvalue weighted by molar-refractivity contribution is -0.576. The Morgan fingerprint density at radius 3 is 2.03 bits per heavy atom. The third-order valence-electron chi connectivity index (χ3n) is 5.70. The number of nitrogens with zero attached hydrogens (tertiary/aromatic N) is 4. The van der Waals surface area contributed by atoms with Crippen LogP contribution in [-0.2, 0) is 16.0 Å². The first-order chi connectivity index (χ1) is 16.6. The van der Waals surface area contributed by atoms with Gasteiger partial charge in [-0.05, 0) is 36.6 Å². The van der Waals surface area contributed by atoms with Crippen molar-refractivity contribution >= 4 is 28.8 Å². The third-order valence-corrected chi connectivity index (χ3v) is 5.70. The topological polar surface area (TPSA) is 82.1 Å². The molecule has 5 rings (SSSR count). The van der Waals surface area contributed by atoms with Crippen LogP contribution in [0.1, 0.15) is 24.6 Å². The molecule has 0 spiro atoms. The summed E-state index contributed by atoms with van der Waals surface area (Å²) < 4.78 is 2.90. The van der Waals surface area contributed by atoms with Gasteiger partial charge in [0.1, 0.15) is 5.57 Å². The predicted octanol–water partition coefficient (Wildman–Crippen LogP) is 3.13. The van der Waals surface area contributed by atoms with Gasteiger partial charge in [-0.3, -0.25) is 9.59 Å². The molecule has 2 aromatic heterocycles. The van der Waals surface area contributed by atoms with E-state index in [1.54, 1.807) is 65.5 Å². The summed E-state index contributed by atoms with van der Waals surface area (Å²) in [5.74, 6) is -1.45. The Labute approximate surface area is 196 Å².